The van der Waals surface area contributed by atoms with Crippen molar-refractivity contribution < 1.29 is 19.7 Å². The van der Waals surface area contributed by atoms with Gasteiger partial charge in [-0.2, -0.15) is 10.5 Å². The zero-order valence-electron chi connectivity index (χ0n) is 14.3. The fourth-order valence-corrected chi connectivity index (χ4v) is 3.19. The van der Waals surface area contributed by atoms with Gasteiger partial charge < -0.3 is 0 Å². The van der Waals surface area contributed by atoms with Gasteiger partial charge in [0.15, 0.2) is 0 Å². The third-order valence-corrected chi connectivity index (χ3v) is 4.28. The third-order valence-electron chi connectivity index (χ3n) is 4.28. The third kappa shape index (κ3) is 2.74. The Morgan fingerprint density at radius 2 is 1.27 bits per heavy atom. The topological polar surface area (TPSA) is 220 Å². The molecule has 0 saturated carbocycles. The maximum absolute atomic E-state index is 11.6. The lowest BCUT2D eigenvalue weighted by atomic mass is 9.98. The second kappa shape index (κ2) is 6.73. The maximum atomic E-state index is 11.6. The zero-order valence-corrected chi connectivity index (χ0v) is 14.3. The summed E-state index contributed by atoms with van der Waals surface area (Å²) in [4.78, 5) is 41.7. The van der Waals surface area contributed by atoms with E-state index >= 15 is 0 Å². The van der Waals surface area contributed by atoms with E-state index in [4.69, 9.17) is 0 Å². The molecule has 0 aromatic heterocycles. The van der Waals surface area contributed by atoms with Gasteiger partial charge in [0.25, 0.3) is 22.7 Å². The molecule has 0 spiro atoms. The molecule has 0 radical (unpaired) electrons. The first-order chi connectivity index (χ1) is 14.1. The molecule has 1 aliphatic carbocycles. The van der Waals surface area contributed by atoms with E-state index in [1.54, 1.807) is 0 Å². The van der Waals surface area contributed by atoms with E-state index in [1.165, 1.54) is 12.1 Å². The molecule has 0 atom stereocenters. The summed E-state index contributed by atoms with van der Waals surface area (Å²) in [6.45, 7) is 0. The highest BCUT2D eigenvalue weighted by molar-refractivity contribution is 5.96. The van der Waals surface area contributed by atoms with Crippen LogP contribution < -0.4 is 10.4 Å². The van der Waals surface area contributed by atoms with Gasteiger partial charge in [0.2, 0.25) is 0 Å². The van der Waals surface area contributed by atoms with Crippen molar-refractivity contribution >= 4 is 34.4 Å². The minimum Gasteiger partial charge on any atom is -0.258 e. The molecule has 0 fully saturated rings. The van der Waals surface area contributed by atoms with E-state index in [1.807, 2.05) is 0 Å². The highest BCUT2D eigenvalue weighted by Crippen LogP contribution is 2.42. The van der Waals surface area contributed by atoms with Gasteiger partial charge in [-0.25, -0.2) is 0 Å². The standard InChI is InChI=1S/C16H4N6O8/c17-5-8(6-18)14-10-2-7-1-9(19(23)24)3-11(20(25)26)15(7)16(10)13(22(29)30)4-12(14)21(27)28/h1-4H. The minimum atomic E-state index is -1.04. The molecule has 14 nitrogen and oxygen atoms in total. The van der Waals surface area contributed by atoms with Crippen LogP contribution in [0.3, 0.4) is 0 Å². The number of hydrogen-bond acceptors (Lipinski definition) is 10. The lowest BCUT2D eigenvalue weighted by Gasteiger charge is -2.05. The zero-order chi connectivity index (χ0) is 22.3. The van der Waals surface area contributed by atoms with Crippen molar-refractivity contribution in [2.24, 2.45) is 0 Å². The molecule has 0 N–H and O–H groups in total. The van der Waals surface area contributed by atoms with Crippen molar-refractivity contribution in [1.82, 2.24) is 0 Å². The Hall–Kier alpha value is -5.24. The quantitative estimate of drug-likeness (QED) is 0.445. The molecule has 2 aromatic rings. The first-order valence-electron chi connectivity index (χ1n) is 7.61. The molecule has 14 heteroatoms. The van der Waals surface area contributed by atoms with Crippen LogP contribution in [0.25, 0.3) is 22.8 Å². The number of non-ortho nitro benzene ring substituents is 2. The summed E-state index contributed by atoms with van der Waals surface area (Å²) >= 11 is 0. The fourth-order valence-electron chi connectivity index (χ4n) is 3.19. The highest BCUT2D eigenvalue weighted by atomic mass is 16.6. The van der Waals surface area contributed by atoms with Crippen LogP contribution in [0.15, 0.2) is 18.2 Å². The van der Waals surface area contributed by atoms with Crippen molar-refractivity contribution in [2.75, 3.05) is 0 Å². The largest absolute Gasteiger partial charge is 0.286 e. The van der Waals surface area contributed by atoms with E-state index in [9.17, 15) is 51.0 Å². The number of nitrogens with zero attached hydrogens (tertiary/aromatic N) is 6. The van der Waals surface area contributed by atoms with Gasteiger partial charge in [0.05, 0.1) is 48.2 Å². The maximum Gasteiger partial charge on any atom is 0.286 e. The molecular weight excluding hydrogens is 404 g/mol. The number of fused-ring (bicyclic) bond motifs is 3. The van der Waals surface area contributed by atoms with Gasteiger partial charge in [0.1, 0.15) is 17.7 Å². The van der Waals surface area contributed by atoms with Crippen LogP contribution in [0.1, 0.15) is 5.56 Å². The Morgan fingerprint density at radius 3 is 1.73 bits per heavy atom. The number of nitro benzene ring substituents is 4. The Kier molecular flexibility index (Phi) is 4.38. The van der Waals surface area contributed by atoms with Crippen LogP contribution in [0.2, 0.25) is 0 Å². The number of rotatable bonds is 4. The predicted octanol–water partition coefficient (Wildman–Crippen LogP) is 1.33. The number of hydrogen-bond donors (Lipinski definition) is 0. The van der Waals surface area contributed by atoms with Crippen LogP contribution >= 0.6 is 0 Å². The van der Waals surface area contributed by atoms with Gasteiger partial charge in [0, 0.05) is 11.3 Å². The Labute approximate surface area is 163 Å². The van der Waals surface area contributed by atoms with E-state index in [0.29, 0.717) is 12.1 Å². The van der Waals surface area contributed by atoms with E-state index < -0.39 is 58.8 Å². The summed E-state index contributed by atoms with van der Waals surface area (Å²) in [6, 6.07) is 4.91. The molecule has 146 valence electrons. The Morgan fingerprint density at radius 1 is 0.733 bits per heavy atom. The first-order valence-corrected chi connectivity index (χ1v) is 7.61. The smallest absolute Gasteiger partial charge is 0.258 e. The number of nitro groups is 4. The molecule has 0 heterocycles. The molecule has 0 bridgehead atoms. The van der Waals surface area contributed by atoms with E-state index in [0.717, 1.165) is 12.1 Å². The monoisotopic (exact) mass is 408 g/mol. The van der Waals surface area contributed by atoms with Gasteiger partial charge in [-0.1, -0.05) is 0 Å². The van der Waals surface area contributed by atoms with Gasteiger partial charge in [-0.3, -0.25) is 40.5 Å². The van der Waals surface area contributed by atoms with E-state index in [-0.39, 0.29) is 16.3 Å². The molecule has 3 rings (SSSR count). The summed E-state index contributed by atoms with van der Waals surface area (Å²) in [5, 5.41) is 63.1. The van der Waals surface area contributed by atoms with Crippen LogP contribution in [-0.4, -0.2) is 19.7 Å². The lowest BCUT2D eigenvalue weighted by molar-refractivity contribution is -0.395. The summed E-state index contributed by atoms with van der Waals surface area (Å²) in [6.07, 6.45) is 1.01. The number of nitriles is 2. The average Bonchev–Trinajstić information content (AvgIpc) is 3.06. The van der Waals surface area contributed by atoms with Gasteiger partial charge in [-0.05, 0) is 11.6 Å². The molecular formula is C16H4N6O8. The average molecular weight is 408 g/mol. The van der Waals surface area contributed by atoms with Crippen molar-refractivity contribution in [3.63, 3.8) is 0 Å². The van der Waals surface area contributed by atoms with Gasteiger partial charge in [-0.15, -0.1) is 0 Å². The molecule has 1 aliphatic rings. The predicted molar refractivity (Wildman–Crippen MR) is 95.9 cm³/mol. The van der Waals surface area contributed by atoms with Gasteiger partial charge >= 0.3 is 0 Å². The van der Waals surface area contributed by atoms with Crippen molar-refractivity contribution in [2.45, 2.75) is 0 Å². The SMILES string of the molecule is N#CC(C#N)=c1c([N+](=O)[O-])cc([N+](=O)[O-])c2c1=Cc1cc([N+](=O)[O-])cc([N+](=O)[O-])c1-2. The normalized spacial score (nSPS) is 10.6. The molecule has 0 unspecified atom stereocenters. The molecule has 30 heavy (non-hydrogen) atoms. The number of benzene rings is 2. The summed E-state index contributed by atoms with van der Waals surface area (Å²) in [5.74, 6) is 0. The van der Waals surface area contributed by atoms with Crippen LogP contribution in [0.4, 0.5) is 22.7 Å². The molecule has 0 amide bonds. The van der Waals surface area contributed by atoms with Crippen LogP contribution in [-0.2, 0) is 0 Å². The van der Waals surface area contributed by atoms with Crippen molar-refractivity contribution in [3.05, 3.63) is 74.7 Å². The highest BCUT2D eigenvalue weighted by Gasteiger charge is 2.36. The molecule has 2 aromatic carbocycles. The Bertz CT molecular complexity index is 1410. The molecule has 0 saturated heterocycles. The summed E-state index contributed by atoms with van der Waals surface area (Å²) in [7, 11) is 0. The van der Waals surface area contributed by atoms with Crippen LogP contribution in [0.5, 0.6) is 0 Å². The van der Waals surface area contributed by atoms with Crippen molar-refractivity contribution in [3.8, 4) is 23.3 Å². The van der Waals surface area contributed by atoms with Crippen molar-refractivity contribution in [1.29, 1.82) is 10.5 Å². The second-order valence-corrected chi connectivity index (χ2v) is 5.78. The minimum absolute atomic E-state index is 0.189. The lowest BCUT2D eigenvalue weighted by Crippen LogP contribution is -2.31. The van der Waals surface area contributed by atoms with Crippen LogP contribution in [0, 0.1) is 63.1 Å². The Balaban J connectivity index is 2.71. The molecule has 0 aliphatic heterocycles. The second-order valence-electron chi connectivity index (χ2n) is 5.78. The summed E-state index contributed by atoms with van der Waals surface area (Å²) < 4.78 is 0. The van der Waals surface area contributed by atoms with E-state index in [2.05, 4.69) is 0 Å². The first kappa shape index (κ1) is 19.5. The fraction of sp³-hybridized carbons (Fsp3) is 0. The summed E-state index contributed by atoms with van der Waals surface area (Å²) in [5.41, 5.74) is -5.11.